The van der Waals surface area contributed by atoms with Crippen molar-refractivity contribution in [2.24, 2.45) is 4.40 Å². The number of para-hydroxylation sites is 1. The first-order chi connectivity index (χ1) is 10.5. The Bertz CT molecular complexity index is 824. The van der Waals surface area contributed by atoms with E-state index in [4.69, 9.17) is 0 Å². The molecular weight excluding hydrogens is 296 g/mol. The Morgan fingerprint density at radius 3 is 2.45 bits per heavy atom. The molecule has 0 aliphatic carbocycles. The van der Waals surface area contributed by atoms with E-state index in [1.54, 1.807) is 24.3 Å². The van der Waals surface area contributed by atoms with Crippen LogP contribution in [0.4, 0.5) is 5.69 Å². The number of fused-ring (bicyclic) bond motifs is 1. The van der Waals surface area contributed by atoms with Crippen molar-refractivity contribution in [3.8, 4) is 0 Å². The lowest BCUT2D eigenvalue weighted by molar-refractivity contribution is 0.598. The average molecular weight is 314 g/mol. The second kappa shape index (κ2) is 5.57. The van der Waals surface area contributed by atoms with Crippen LogP contribution in [0.5, 0.6) is 0 Å². The highest BCUT2D eigenvalue weighted by Gasteiger charge is 2.26. The van der Waals surface area contributed by atoms with Crippen LogP contribution in [0, 0.1) is 6.92 Å². The van der Waals surface area contributed by atoms with E-state index in [1.165, 1.54) is 0 Å². The van der Waals surface area contributed by atoms with Crippen LogP contribution in [0.1, 0.15) is 18.1 Å². The molecular formula is C17H18N2O2S. The number of likely N-dealkylation sites (N-methyl/N-ethyl adjacent to an activating group) is 1. The first kappa shape index (κ1) is 14.8. The Balaban J connectivity index is 2.00. The number of hydrogen-bond donors (Lipinski definition) is 0. The highest BCUT2D eigenvalue weighted by atomic mass is 32.2. The summed E-state index contributed by atoms with van der Waals surface area (Å²) in [6, 6.07) is 14.7. The van der Waals surface area contributed by atoms with Crippen LogP contribution in [0.3, 0.4) is 0 Å². The Morgan fingerprint density at radius 1 is 1.09 bits per heavy atom. The van der Waals surface area contributed by atoms with Gasteiger partial charge in [0, 0.05) is 18.7 Å². The van der Waals surface area contributed by atoms with E-state index in [2.05, 4.69) is 4.40 Å². The van der Waals surface area contributed by atoms with Gasteiger partial charge in [-0.15, -0.1) is 4.40 Å². The van der Waals surface area contributed by atoms with Gasteiger partial charge in [-0.2, -0.15) is 8.42 Å². The fourth-order valence-electron chi connectivity index (χ4n) is 2.66. The highest BCUT2D eigenvalue weighted by Crippen LogP contribution is 2.29. The Kier molecular flexibility index (Phi) is 3.74. The van der Waals surface area contributed by atoms with Gasteiger partial charge in [-0.3, -0.25) is 0 Å². The minimum absolute atomic E-state index is 0.234. The molecule has 0 atom stereocenters. The fourth-order valence-corrected chi connectivity index (χ4v) is 3.69. The molecule has 0 saturated carbocycles. The summed E-state index contributed by atoms with van der Waals surface area (Å²) in [6.07, 6.45) is 0.551. The van der Waals surface area contributed by atoms with Crippen molar-refractivity contribution >= 4 is 21.5 Å². The molecule has 0 radical (unpaired) electrons. The number of benzene rings is 2. The molecule has 0 spiro atoms. The normalized spacial score (nSPS) is 16.1. The Hall–Kier alpha value is -2.14. The smallest absolute Gasteiger partial charge is 0.283 e. The van der Waals surface area contributed by atoms with E-state index in [-0.39, 0.29) is 4.90 Å². The van der Waals surface area contributed by atoms with E-state index >= 15 is 0 Å². The van der Waals surface area contributed by atoms with Crippen molar-refractivity contribution < 1.29 is 8.42 Å². The van der Waals surface area contributed by atoms with Crippen molar-refractivity contribution in [2.75, 3.05) is 11.4 Å². The molecule has 22 heavy (non-hydrogen) atoms. The van der Waals surface area contributed by atoms with Gasteiger partial charge in [-0.1, -0.05) is 35.9 Å². The molecule has 4 nitrogen and oxygen atoms in total. The molecule has 0 saturated heterocycles. The van der Waals surface area contributed by atoms with E-state index in [1.807, 2.05) is 43.0 Å². The fraction of sp³-hybridized carbons (Fsp3) is 0.235. The van der Waals surface area contributed by atoms with Gasteiger partial charge in [0.15, 0.2) is 0 Å². The molecule has 1 aliphatic rings. The minimum Gasteiger partial charge on any atom is -0.329 e. The summed E-state index contributed by atoms with van der Waals surface area (Å²) >= 11 is 0. The van der Waals surface area contributed by atoms with E-state index < -0.39 is 10.0 Å². The lowest BCUT2D eigenvalue weighted by atomic mass is 10.2. The number of nitrogens with zero attached hydrogens (tertiary/aromatic N) is 2. The topological polar surface area (TPSA) is 49.7 Å². The van der Waals surface area contributed by atoms with Gasteiger partial charge in [0.2, 0.25) is 0 Å². The van der Waals surface area contributed by atoms with E-state index in [0.717, 1.165) is 16.8 Å². The molecule has 0 N–H and O–H groups in total. The molecule has 0 unspecified atom stereocenters. The summed E-state index contributed by atoms with van der Waals surface area (Å²) in [4.78, 5) is 2.19. The molecule has 0 amide bonds. The van der Waals surface area contributed by atoms with Crippen LogP contribution in [-0.4, -0.2) is 20.8 Å². The maximum Gasteiger partial charge on any atom is 0.283 e. The third-order valence-corrected chi connectivity index (χ3v) is 5.12. The molecule has 5 heteroatoms. The molecule has 3 rings (SSSR count). The van der Waals surface area contributed by atoms with Gasteiger partial charge >= 0.3 is 0 Å². The van der Waals surface area contributed by atoms with Crippen LogP contribution in [-0.2, 0) is 16.4 Å². The van der Waals surface area contributed by atoms with Gasteiger partial charge in [-0.05, 0) is 37.6 Å². The summed E-state index contributed by atoms with van der Waals surface area (Å²) in [6.45, 7) is 4.62. The number of hydrogen-bond acceptors (Lipinski definition) is 2. The number of sulfonamides is 1. The molecule has 0 aromatic heterocycles. The Morgan fingerprint density at radius 2 is 1.77 bits per heavy atom. The van der Waals surface area contributed by atoms with Gasteiger partial charge in [0.25, 0.3) is 10.0 Å². The first-order valence-electron chi connectivity index (χ1n) is 7.27. The van der Waals surface area contributed by atoms with Crippen LogP contribution >= 0.6 is 0 Å². The third-order valence-electron chi connectivity index (χ3n) is 3.80. The van der Waals surface area contributed by atoms with Gasteiger partial charge in [0.05, 0.1) is 4.90 Å². The monoisotopic (exact) mass is 314 g/mol. The second-order valence-corrected chi connectivity index (χ2v) is 6.95. The number of anilines is 1. The zero-order chi connectivity index (χ0) is 15.7. The summed E-state index contributed by atoms with van der Waals surface area (Å²) < 4.78 is 29.1. The van der Waals surface area contributed by atoms with E-state index in [0.29, 0.717) is 18.8 Å². The van der Waals surface area contributed by atoms with Crippen molar-refractivity contribution in [1.82, 2.24) is 0 Å². The van der Waals surface area contributed by atoms with Crippen LogP contribution < -0.4 is 4.90 Å². The van der Waals surface area contributed by atoms with Crippen molar-refractivity contribution in [3.05, 3.63) is 59.7 Å². The lowest BCUT2D eigenvalue weighted by Crippen LogP contribution is -2.27. The van der Waals surface area contributed by atoms with Crippen molar-refractivity contribution in [2.45, 2.75) is 25.2 Å². The number of rotatable bonds is 3. The predicted molar refractivity (Wildman–Crippen MR) is 89.0 cm³/mol. The summed E-state index contributed by atoms with van der Waals surface area (Å²) in [5.74, 6) is 0.587. The average Bonchev–Trinajstić information content (AvgIpc) is 2.83. The largest absolute Gasteiger partial charge is 0.329 e. The zero-order valence-corrected chi connectivity index (χ0v) is 13.5. The van der Waals surface area contributed by atoms with Gasteiger partial charge < -0.3 is 4.90 Å². The molecule has 2 aromatic rings. The SMILES string of the molecule is CCN1C(=NS(=O)(=O)c2ccc(C)cc2)Cc2ccccc21. The molecule has 1 heterocycles. The first-order valence-corrected chi connectivity index (χ1v) is 8.71. The van der Waals surface area contributed by atoms with E-state index in [9.17, 15) is 8.42 Å². The molecule has 0 bridgehead atoms. The summed E-state index contributed by atoms with van der Waals surface area (Å²) in [5, 5.41) is 0. The predicted octanol–water partition coefficient (Wildman–Crippen LogP) is 3.16. The molecule has 2 aromatic carbocycles. The second-order valence-electron chi connectivity index (χ2n) is 5.35. The summed E-state index contributed by atoms with van der Waals surface area (Å²) in [7, 11) is -3.67. The highest BCUT2D eigenvalue weighted by molar-refractivity contribution is 7.90. The van der Waals surface area contributed by atoms with Crippen LogP contribution in [0.25, 0.3) is 0 Å². The number of amidine groups is 1. The number of aryl methyl sites for hydroxylation is 1. The molecule has 1 aliphatic heterocycles. The standard InChI is InChI=1S/C17H18N2O2S/c1-3-19-16-7-5-4-6-14(16)12-17(19)18-22(20,21)15-10-8-13(2)9-11-15/h4-11H,3,12H2,1-2H3. The summed E-state index contributed by atoms with van der Waals surface area (Å²) in [5.41, 5.74) is 3.18. The quantitative estimate of drug-likeness (QED) is 0.874. The molecule has 114 valence electrons. The van der Waals surface area contributed by atoms with Crippen molar-refractivity contribution in [3.63, 3.8) is 0 Å². The van der Waals surface area contributed by atoms with Gasteiger partial charge in [0.1, 0.15) is 5.84 Å². The third kappa shape index (κ3) is 2.64. The van der Waals surface area contributed by atoms with Crippen LogP contribution in [0.15, 0.2) is 57.8 Å². The maximum atomic E-state index is 12.5. The minimum atomic E-state index is -3.67. The van der Waals surface area contributed by atoms with Crippen LogP contribution in [0.2, 0.25) is 0 Å². The lowest BCUT2D eigenvalue weighted by Gasteiger charge is -2.17. The zero-order valence-electron chi connectivity index (χ0n) is 12.7. The Labute approximate surface area is 131 Å². The maximum absolute atomic E-state index is 12.5. The van der Waals surface area contributed by atoms with Gasteiger partial charge in [-0.25, -0.2) is 0 Å². The molecule has 0 fully saturated rings. The van der Waals surface area contributed by atoms with Crippen molar-refractivity contribution in [1.29, 1.82) is 0 Å².